The van der Waals surface area contributed by atoms with Gasteiger partial charge in [0, 0.05) is 42.0 Å². The summed E-state index contributed by atoms with van der Waals surface area (Å²) in [5.41, 5.74) is 6.28. The van der Waals surface area contributed by atoms with Crippen molar-refractivity contribution >= 4 is 16.9 Å². The molecule has 214 valence electrons. The number of hydrogen-bond acceptors (Lipinski definition) is 4. The Morgan fingerprint density at radius 1 is 1.02 bits per heavy atom. The summed E-state index contributed by atoms with van der Waals surface area (Å²) in [4.78, 5) is 14.3. The van der Waals surface area contributed by atoms with Gasteiger partial charge in [-0.3, -0.25) is 4.90 Å². The zero-order chi connectivity index (χ0) is 28.2. The minimum Gasteiger partial charge on any atom is -0.492 e. The Kier molecular flexibility index (Phi) is 8.40. The van der Waals surface area contributed by atoms with Gasteiger partial charge >= 0.3 is 5.97 Å². The van der Waals surface area contributed by atoms with Crippen molar-refractivity contribution in [1.82, 2.24) is 9.47 Å². The van der Waals surface area contributed by atoms with Crippen LogP contribution in [0.5, 0.6) is 5.75 Å². The molecule has 1 unspecified atom stereocenters. The molecule has 4 aromatic rings. The molecule has 6 nitrogen and oxygen atoms in total. The Labute approximate surface area is 242 Å². The van der Waals surface area contributed by atoms with Crippen LogP contribution in [0.3, 0.4) is 0 Å². The molecule has 2 aliphatic rings. The fraction of sp³-hybridized carbons (Fsp3) is 0.400. The third kappa shape index (κ3) is 6.04. The Morgan fingerprint density at radius 3 is 2.61 bits per heavy atom. The molecule has 0 bridgehead atoms. The van der Waals surface area contributed by atoms with Crippen molar-refractivity contribution in [3.63, 3.8) is 0 Å². The van der Waals surface area contributed by atoms with Gasteiger partial charge in [0.1, 0.15) is 5.75 Å². The fourth-order valence-electron chi connectivity index (χ4n) is 6.65. The molecule has 0 radical (unpaired) electrons. The van der Waals surface area contributed by atoms with Crippen LogP contribution in [0.4, 0.5) is 0 Å². The molecule has 3 aromatic carbocycles. The third-order valence-electron chi connectivity index (χ3n) is 8.69. The number of carboxylic acids is 1. The van der Waals surface area contributed by atoms with E-state index in [-0.39, 0.29) is 5.92 Å². The van der Waals surface area contributed by atoms with E-state index in [0.717, 1.165) is 36.5 Å². The molecule has 1 aliphatic heterocycles. The van der Waals surface area contributed by atoms with Gasteiger partial charge in [-0.25, -0.2) is 4.79 Å². The molecule has 6 rings (SSSR count). The van der Waals surface area contributed by atoms with Crippen LogP contribution in [-0.2, 0) is 17.8 Å². The summed E-state index contributed by atoms with van der Waals surface area (Å²) in [5.74, 6) is 0.584. The van der Waals surface area contributed by atoms with Gasteiger partial charge in [0.15, 0.2) is 0 Å². The minimum absolute atomic E-state index is 0.129. The molecule has 0 saturated heterocycles. The van der Waals surface area contributed by atoms with Crippen molar-refractivity contribution < 1.29 is 19.4 Å². The number of rotatable bonds is 9. The monoisotopic (exact) mass is 552 g/mol. The van der Waals surface area contributed by atoms with Crippen LogP contribution in [0.1, 0.15) is 59.5 Å². The molecular formula is C35H40N2O4. The molecule has 1 saturated carbocycles. The average molecular weight is 553 g/mol. The molecule has 1 N–H and O–H groups in total. The summed E-state index contributed by atoms with van der Waals surface area (Å²) >= 11 is 0. The first-order valence-corrected chi connectivity index (χ1v) is 15.0. The maximum Gasteiger partial charge on any atom is 0.335 e. The highest BCUT2D eigenvalue weighted by atomic mass is 16.5. The lowest BCUT2D eigenvalue weighted by atomic mass is 9.81. The van der Waals surface area contributed by atoms with E-state index in [1.54, 1.807) is 6.07 Å². The molecule has 1 fully saturated rings. The van der Waals surface area contributed by atoms with Crippen LogP contribution in [0, 0.1) is 5.92 Å². The lowest BCUT2D eigenvalue weighted by molar-refractivity contribution is 0.0590. The molecular weight excluding hydrogens is 512 g/mol. The summed E-state index contributed by atoms with van der Waals surface area (Å²) in [6.45, 7) is 4.23. The molecule has 1 aromatic heterocycles. The van der Waals surface area contributed by atoms with Crippen LogP contribution < -0.4 is 4.74 Å². The number of ether oxygens (including phenoxy) is 2. The number of carbonyl (C=O) groups is 1. The second kappa shape index (κ2) is 12.5. The quantitative estimate of drug-likeness (QED) is 0.222. The highest BCUT2D eigenvalue weighted by Gasteiger charge is 2.30. The van der Waals surface area contributed by atoms with Crippen LogP contribution in [0.25, 0.3) is 22.2 Å². The second-order valence-corrected chi connectivity index (χ2v) is 11.7. The van der Waals surface area contributed by atoms with Crippen LogP contribution in [-0.4, -0.2) is 54.0 Å². The minimum atomic E-state index is -0.893. The van der Waals surface area contributed by atoms with Gasteiger partial charge in [0.05, 0.1) is 31.1 Å². The van der Waals surface area contributed by atoms with Crippen LogP contribution in [0.15, 0.2) is 72.8 Å². The zero-order valence-corrected chi connectivity index (χ0v) is 23.9. The Bertz CT molecular complexity index is 1490. The third-order valence-corrected chi connectivity index (χ3v) is 8.69. The highest BCUT2D eigenvalue weighted by Crippen LogP contribution is 2.47. The zero-order valence-electron chi connectivity index (χ0n) is 23.9. The number of aromatic nitrogens is 1. The first-order chi connectivity index (χ1) is 20.1. The number of nitrogens with zero attached hydrogens (tertiary/aromatic N) is 2. The van der Waals surface area contributed by atoms with Gasteiger partial charge in [0.2, 0.25) is 0 Å². The second-order valence-electron chi connectivity index (χ2n) is 11.7. The summed E-state index contributed by atoms with van der Waals surface area (Å²) in [5, 5.41) is 11.0. The Balaban J connectivity index is 1.29. The lowest BCUT2D eigenvalue weighted by Gasteiger charge is -2.28. The SMILES string of the molecule is CN(CCOCC1COc2ccccc2-c2c(C3CCCCC3)c3ccc(C(=O)O)cc3n2C1)Cc1ccccc1. The molecule has 0 amide bonds. The van der Waals surface area contributed by atoms with Crippen molar-refractivity contribution in [3.8, 4) is 17.0 Å². The van der Waals surface area contributed by atoms with Gasteiger partial charge in [-0.1, -0.05) is 67.8 Å². The van der Waals surface area contributed by atoms with E-state index in [4.69, 9.17) is 9.47 Å². The topological polar surface area (TPSA) is 63.9 Å². The predicted molar refractivity (Wildman–Crippen MR) is 163 cm³/mol. The summed E-state index contributed by atoms with van der Waals surface area (Å²) in [7, 11) is 2.12. The van der Waals surface area contributed by atoms with Crippen LogP contribution >= 0.6 is 0 Å². The summed E-state index contributed by atoms with van der Waals surface area (Å²) < 4.78 is 15.1. The van der Waals surface area contributed by atoms with Gasteiger partial charge in [0.25, 0.3) is 0 Å². The van der Waals surface area contributed by atoms with Crippen molar-refractivity contribution in [2.45, 2.75) is 51.1 Å². The van der Waals surface area contributed by atoms with Crippen molar-refractivity contribution in [2.75, 3.05) is 33.4 Å². The maximum absolute atomic E-state index is 12.0. The standard InChI is InChI=1S/C35H40N2O4/c1-36(21-25-10-4-2-5-11-25)18-19-40-23-26-22-37-31-20-28(35(38)39)16-17-29(31)33(27-12-6-3-7-13-27)34(37)30-14-8-9-15-32(30)41-24-26/h2,4-5,8-11,14-17,20,26-27H,3,6-7,12-13,18-19,21-24H2,1H3,(H,38,39). The maximum atomic E-state index is 12.0. The van der Waals surface area contributed by atoms with Gasteiger partial charge in [-0.2, -0.15) is 0 Å². The average Bonchev–Trinajstić information content (AvgIpc) is 3.30. The summed E-state index contributed by atoms with van der Waals surface area (Å²) in [6, 6.07) is 24.5. The number of fused-ring (bicyclic) bond motifs is 5. The number of aromatic carboxylic acids is 1. The van der Waals surface area contributed by atoms with Crippen LogP contribution in [0.2, 0.25) is 0 Å². The fourth-order valence-corrected chi connectivity index (χ4v) is 6.65. The van der Waals surface area contributed by atoms with Gasteiger partial charge < -0.3 is 19.1 Å². The van der Waals surface area contributed by atoms with Gasteiger partial charge in [-0.05, 0) is 61.2 Å². The number of hydrogen-bond donors (Lipinski definition) is 1. The molecule has 1 aliphatic carbocycles. The van der Waals surface area contributed by atoms with Crippen molar-refractivity contribution in [2.24, 2.45) is 5.92 Å². The highest BCUT2D eigenvalue weighted by molar-refractivity contribution is 5.98. The predicted octanol–water partition coefficient (Wildman–Crippen LogP) is 7.21. The first-order valence-electron chi connectivity index (χ1n) is 15.0. The first kappa shape index (κ1) is 27.6. The van der Waals surface area contributed by atoms with Crippen molar-refractivity contribution in [1.29, 1.82) is 0 Å². The van der Waals surface area contributed by atoms with E-state index in [2.05, 4.69) is 59.0 Å². The molecule has 6 heteroatoms. The Hall–Kier alpha value is -3.61. The number of carboxylic acid groups (broad SMARTS) is 1. The number of likely N-dealkylation sites (N-methyl/N-ethyl adjacent to an activating group) is 1. The van der Waals surface area contributed by atoms with E-state index >= 15 is 0 Å². The largest absolute Gasteiger partial charge is 0.492 e. The van der Waals surface area contributed by atoms with E-state index in [9.17, 15) is 9.90 Å². The van der Waals surface area contributed by atoms with E-state index in [0.29, 0.717) is 31.3 Å². The van der Waals surface area contributed by atoms with Gasteiger partial charge in [-0.15, -0.1) is 0 Å². The van der Waals surface area contributed by atoms with E-state index < -0.39 is 5.97 Å². The smallest absolute Gasteiger partial charge is 0.335 e. The number of benzene rings is 3. The van der Waals surface area contributed by atoms with E-state index in [1.807, 2.05) is 24.3 Å². The molecule has 0 spiro atoms. The Morgan fingerprint density at radius 2 is 1.80 bits per heavy atom. The number of para-hydroxylation sites is 1. The normalized spacial score (nSPS) is 17.5. The summed E-state index contributed by atoms with van der Waals surface area (Å²) in [6.07, 6.45) is 6.08. The van der Waals surface area contributed by atoms with Crippen molar-refractivity contribution in [3.05, 3.63) is 89.5 Å². The lowest BCUT2D eigenvalue weighted by Crippen LogP contribution is -2.28. The molecule has 41 heavy (non-hydrogen) atoms. The molecule has 1 atom stereocenters. The van der Waals surface area contributed by atoms with E-state index in [1.165, 1.54) is 54.3 Å². The molecule has 2 heterocycles.